The SMILES string of the molecule is CCOC(=O)N1CCN(C(=O)c2cccc(NC3c4ccccc4C(=O)N3CC3CCCO3)c2)CC1. The number of piperazine rings is 1. The van der Waals surface area contributed by atoms with Gasteiger partial charge in [-0.2, -0.15) is 0 Å². The molecule has 3 aliphatic rings. The first-order chi connectivity index (χ1) is 17.5. The molecule has 2 fully saturated rings. The van der Waals surface area contributed by atoms with E-state index >= 15 is 0 Å². The fourth-order valence-electron chi connectivity index (χ4n) is 5.11. The minimum absolute atomic E-state index is 0.00898. The van der Waals surface area contributed by atoms with Crippen LogP contribution in [0.2, 0.25) is 0 Å². The molecule has 2 saturated heterocycles. The van der Waals surface area contributed by atoms with E-state index < -0.39 is 0 Å². The number of fused-ring (bicyclic) bond motifs is 1. The maximum atomic E-state index is 13.2. The third-order valence-electron chi connectivity index (χ3n) is 6.99. The zero-order chi connectivity index (χ0) is 25.1. The van der Waals surface area contributed by atoms with Crippen molar-refractivity contribution in [1.29, 1.82) is 0 Å². The fourth-order valence-corrected chi connectivity index (χ4v) is 5.11. The first-order valence-electron chi connectivity index (χ1n) is 12.6. The molecule has 0 saturated carbocycles. The smallest absolute Gasteiger partial charge is 0.409 e. The Kier molecular flexibility index (Phi) is 7.09. The van der Waals surface area contributed by atoms with Crippen LogP contribution in [0.1, 0.15) is 52.2 Å². The van der Waals surface area contributed by atoms with Gasteiger partial charge in [0.25, 0.3) is 11.8 Å². The number of nitrogens with zero attached hydrogens (tertiary/aromatic N) is 3. The summed E-state index contributed by atoms with van der Waals surface area (Å²) in [4.78, 5) is 43.6. The summed E-state index contributed by atoms with van der Waals surface area (Å²) in [6.07, 6.45) is 1.32. The Morgan fingerprint density at radius 3 is 2.58 bits per heavy atom. The van der Waals surface area contributed by atoms with Crippen molar-refractivity contribution in [1.82, 2.24) is 14.7 Å². The van der Waals surface area contributed by atoms with E-state index in [1.165, 1.54) is 0 Å². The van der Waals surface area contributed by atoms with Crippen molar-refractivity contribution in [3.05, 3.63) is 65.2 Å². The quantitative estimate of drug-likeness (QED) is 0.665. The molecule has 0 radical (unpaired) electrons. The van der Waals surface area contributed by atoms with Gasteiger partial charge in [0.05, 0.1) is 12.7 Å². The third kappa shape index (κ3) is 4.88. The van der Waals surface area contributed by atoms with E-state index in [-0.39, 0.29) is 30.2 Å². The second-order valence-electron chi connectivity index (χ2n) is 9.29. The van der Waals surface area contributed by atoms with E-state index in [2.05, 4.69) is 5.32 Å². The first kappa shape index (κ1) is 24.1. The summed E-state index contributed by atoms with van der Waals surface area (Å²) < 4.78 is 10.9. The Hall–Kier alpha value is -3.59. The van der Waals surface area contributed by atoms with Crippen LogP contribution < -0.4 is 5.32 Å². The summed E-state index contributed by atoms with van der Waals surface area (Å²) in [6, 6.07) is 15.0. The van der Waals surface area contributed by atoms with Crippen LogP contribution in [0.4, 0.5) is 10.5 Å². The van der Waals surface area contributed by atoms with Crippen LogP contribution in [0.25, 0.3) is 0 Å². The summed E-state index contributed by atoms with van der Waals surface area (Å²) in [5.74, 6) is -0.0911. The number of ether oxygens (including phenoxy) is 2. The Morgan fingerprint density at radius 2 is 1.83 bits per heavy atom. The maximum absolute atomic E-state index is 13.2. The van der Waals surface area contributed by atoms with Gasteiger partial charge in [-0.3, -0.25) is 9.59 Å². The standard InChI is InChI=1S/C27H32N4O5/c1-2-35-27(34)30-14-12-29(13-15-30)25(32)19-7-5-8-20(17-19)28-24-22-10-3-4-11-23(22)26(33)31(24)18-21-9-6-16-36-21/h3-5,7-8,10-11,17,21,24,28H,2,6,9,12-16,18H2,1H3. The van der Waals surface area contributed by atoms with E-state index in [4.69, 9.17) is 9.47 Å². The van der Waals surface area contributed by atoms with Gasteiger partial charge in [0.15, 0.2) is 0 Å². The fraction of sp³-hybridized carbons (Fsp3) is 0.444. The zero-order valence-corrected chi connectivity index (χ0v) is 20.5. The number of hydrogen-bond donors (Lipinski definition) is 1. The minimum atomic E-state index is -0.338. The molecule has 36 heavy (non-hydrogen) atoms. The molecule has 2 unspecified atom stereocenters. The van der Waals surface area contributed by atoms with Crippen molar-refractivity contribution in [2.75, 3.05) is 51.3 Å². The first-order valence-corrected chi connectivity index (χ1v) is 12.6. The van der Waals surface area contributed by atoms with Crippen LogP contribution in [-0.2, 0) is 9.47 Å². The average molecular weight is 493 g/mol. The van der Waals surface area contributed by atoms with Crippen molar-refractivity contribution in [3.63, 3.8) is 0 Å². The number of carbonyl (C=O) groups excluding carboxylic acids is 3. The monoisotopic (exact) mass is 492 g/mol. The molecule has 9 nitrogen and oxygen atoms in total. The van der Waals surface area contributed by atoms with Gasteiger partial charge in [0, 0.05) is 61.7 Å². The molecule has 2 aromatic carbocycles. The highest BCUT2D eigenvalue weighted by molar-refractivity contribution is 5.99. The van der Waals surface area contributed by atoms with Gasteiger partial charge in [0.1, 0.15) is 6.17 Å². The highest BCUT2D eigenvalue weighted by Crippen LogP contribution is 2.35. The highest BCUT2D eigenvalue weighted by atomic mass is 16.6. The number of anilines is 1. The van der Waals surface area contributed by atoms with Gasteiger partial charge in [-0.15, -0.1) is 0 Å². The van der Waals surface area contributed by atoms with Crippen LogP contribution in [0, 0.1) is 0 Å². The lowest BCUT2D eigenvalue weighted by atomic mass is 10.1. The Balaban J connectivity index is 1.29. The Bertz CT molecular complexity index is 1120. The summed E-state index contributed by atoms with van der Waals surface area (Å²) in [7, 11) is 0. The Morgan fingerprint density at radius 1 is 1.06 bits per heavy atom. The van der Waals surface area contributed by atoms with Gasteiger partial charge in [-0.05, 0) is 44.0 Å². The van der Waals surface area contributed by atoms with Crippen molar-refractivity contribution in [3.8, 4) is 0 Å². The van der Waals surface area contributed by atoms with Crippen molar-refractivity contribution in [2.45, 2.75) is 32.0 Å². The van der Waals surface area contributed by atoms with Crippen LogP contribution in [0.5, 0.6) is 0 Å². The number of benzene rings is 2. The second-order valence-corrected chi connectivity index (χ2v) is 9.29. The van der Waals surface area contributed by atoms with Crippen molar-refractivity contribution in [2.24, 2.45) is 0 Å². The van der Waals surface area contributed by atoms with Crippen molar-refractivity contribution >= 4 is 23.6 Å². The normalized spacial score (nSPS) is 21.5. The van der Waals surface area contributed by atoms with E-state index in [0.29, 0.717) is 50.5 Å². The van der Waals surface area contributed by atoms with Crippen LogP contribution in [0.3, 0.4) is 0 Å². The molecule has 0 aliphatic carbocycles. The molecule has 190 valence electrons. The summed E-state index contributed by atoms with van der Waals surface area (Å²) in [6.45, 7) is 5.16. The van der Waals surface area contributed by atoms with E-state index in [9.17, 15) is 14.4 Å². The average Bonchev–Trinajstić information content (AvgIpc) is 3.52. The van der Waals surface area contributed by atoms with Gasteiger partial charge >= 0.3 is 6.09 Å². The highest BCUT2D eigenvalue weighted by Gasteiger charge is 2.38. The van der Waals surface area contributed by atoms with Gasteiger partial charge in [-0.25, -0.2) is 4.79 Å². The number of nitrogens with one attached hydrogen (secondary N) is 1. The Labute approximate surface area is 210 Å². The number of amides is 3. The van der Waals surface area contributed by atoms with Crippen molar-refractivity contribution < 1.29 is 23.9 Å². The summed E-state index contributed by atoms with van der Waals surface area (Å²) in [5, 5.41) is 3.50. The molecular weight excluding hydrogens is 460 g/mol. The molecule has 3 heterocycles. The van der Waals surface area contributed by atoms with Gasteiger partial charge in [0.2, 0.25) is 0 Å². The van der Waals surface area contributed by atoms with E-state index in [0.717, 1.165) is 30.7 Å². The zero-order valence-electron chi connectivity index (χ0n) is 20.5. The molecule has 9 heteroatoms. The molecule has 0 aromatic heterocycles. The predicted molar refractivity (Wildman–Crippen MR) is 134 cm³/mol. The number of rotatable bonds is 6. The lowest BCUT2D eigenvalue weighted by molar-refractivity contribution is 0.0488. The van der Waals surface area contributed by atoms with Gasteiger partial charge in [-0.1, -0.05) is 24.3 Å². The lowest BCUT2D eigenvalue weighted by Crippen LogP contribution is -2.50. The molecule has 5 rings (SSSR count). The molecule has 3 amide bonds. The predicted octanol–water partition coefficient (Wildman–Crippen LogP) is 3.35. The van der Waals surface area contributed by atoms with Crippen LogP contribution in [-0.4, -0.2) is 84.6 Å². The van der Waals surface area contributed by atoms with E-state index in [1.54, 1.807) is 22.8 Å². The molecular formula is C27H32N4O5. The van der Waals surface area contributed by atoms with Crippen LogP contribution in [0.15, 0.2) is 48.5 Å². The largest absolute Gasteiger partial charge is 0.450 e. The molecule has 1 N–H and O–H groups in total. The molecule has 3 aliphatic heterocycles. The molecule has 2 atom stereocenters. The third-order valence-corrected chi connectivity index (χ3v) is 6.99. The minimum Gasteiger partial charge on any atom is -0.450 e. The number of carbonyl (C=O) groups is 3. The van der Waals surface area contributed by atoms with E-state index in [1.807, 2.05) is 47.4 Å². The lowest BCUT2D eigenvalue weighted by Gasteiger charge is -2.34. The topological polar surface area (TPSA) is 91.4 Å². The maximum Gasteiger partial charge on any atom is 0.409 e. The molecule has 0 spiro atoms. The van der Waals surface area contributed by atoms with Gasteiger partial charge < -0.3 is 29.5 Å². The molecule has 2 aromatic rings. The summed E-state index contributed by atoms with van der Waals surface area (Å²) >= 11 is 0. The number of hydrogen-bond acceptors (Lipinski definition) is 6. The molecule has 0 bridgehead atoms. The second kappa shape index (κ2) is 10.6. The van der Waals surface area contributed by atoms with Crippen LogP contribution >= 0.6 is 0 Å². The summed E-state index contributed by atoms with van der Waals surface area (Å²) in [5.41, 5.74) is 2.94.